The highest BCUT2D eigenvalue weighted by Crippen LogP contribution is 2.25. The highest BCUT2D eigenvalue weighted by molar-refractivity contribution is 7.89. The highest BCUT2D eigenvalue weighted by atomic mass is 35.5. The maximum absolute atomic E-state index is 12.9. The van der Waals surface area contributed by atoms with E-state index in [4.69, 9.17) is 16.7 Å². The minimum atomic E-state index is -3.87. The molecule has 0 fully saturated rings. The van der Waals surface area contributed by atoms with E-state index in [2.05, 4.69) is 6.58 Å². The van der Waals surface area contributed by atoms with Gasteiger partial charge in [-0.3, -0.25) is 0 Å². The molecule has 0 amide bonds. The summed E-state index contributed by atoms with van der Waals surface area (Å²) < 4.78 is 38.3. The predicted molar refractivity (Wildman–Crippen MR) is 67.5 cm³/mol. The normalized spacial score (nSPS) is 11.8. The lowest BCUT2D eigenvalue weighted by Crippen LogP contribution is -2.33. The molecule has 1 aromatic carbocycles. The summed E-state index contributed by atoms with van der Waals surface area (Å²) in [6.45, 7) is 3.08. The number of aliphatic hydroxyl groups excluding tert-OH is 1. The average molecular weight is 294 g/mol. The quantitative estimate of drug-likeness (QED) is 0.811. The van der Waals surface area contributed by atoms with Crippen molar-refractivity contribution < 1.29 is 17.9 Å². The second-order valence-electron chi connectivity index (χ2n) is 3.45. The molecule has 0 saturated carbocycles. The first-order valence-corrected chi connectivity index (χ1v) is 6.92. The first-order valence-electron chi connectivity index (χ1n) is 5.10. The minimum absolute atomic E-state index is 0.0383. The Hall–Kier alpha value is -0.950. The second-order valence-corrected chi connectivity index (χ2v) is 5.76. The van der Waals surface area contributed by atoms with Gasteiger partial charge in [-0.25, -0.2) is 12.8 Å². The van der Waals surface area contributed by atoms with Crippen molar-refractivity contribution in [2.45, 2.75) is 4.90 Å². The SMILES string of the molecule is C=CCN(CCO)S(=O)(=O)c1ccc(F)cc1Cl. The zero-order valence-corrected chi connectivity index (χ0v) is 11.1. The molecule has 18 heavy (non-hydrogen) atoms. The van der Waals surface area contributed by atoms with Crippen molar-refractivity contribution in [3.05, 3.63) is 41.7 Å². The van der Waals surface area contributed by atoms with Crippen LogP contribution in [0.15, 0.2) is 35.7 Å². The molecule has 0 unspecified atom stereocenters. The monoisotopic (exact) mass is 293 g/mol. The van der Waals surface area contributed by atoms with Crippen molar-refractivity contribution in [2.24, 2.45) is 0 Å². The molecular formula is C11H13ClFNO3S. The van der Waals surface area contributed by atoms with Gasteiger partial charge in [-0.2, -0.15) is 4.31 Å². The molecule has 0 aliphatic heterocycles. The summed E-state index contributed by atoms with van der Waals surface area (Å²) in [7, 11) is -3.87. The fraction of sp³-hybridized carbons (Fsp3) is 0.273. The Balaban J connectivity index is 3.21. The Labute approximate surface area is 110 Å². The minimum Gasteiger partial charge on any atom is -0.395 e. The van der Waals surface area contributed by atoms with Crippen LogP contribution in [-0.4, -0.2) is 37.5 Å². The summed E-state index contributed by atoms with van der Waals surface area (Å²) >= 11 is 5.72. The third-order valence-corrected chi connectivity index (χ3v) is 4.54. The van der Waals surface area contributed by atoms with E-state index >= 15 is 0 Å². The molecule has 0 heterocycles. The topological polar surface area (TPSA) is 57.6 Å². The molecule has 1 N–H and O–H groups in total. The number of rotatable bonds is 6. The van der Waals surface area contributed by atoms with Crippen molar-refractivity contribution in [2.75, 3.05) is 19.7 Å². The van der Waals surface area contributed by atoms with Crippen LogP contribution in [0.4, 0.5) is 4.39 Å². The molecule has 0 aliphatic carbocycles. The van der Waals surface area contributed by atoms with Gasteiger partial charge in [0.25, 0.3) is 0 Å². The molecule has 0 aromatic heterocycles. The van der Waals surface area contributed by atoms with Crippen molar-refractivity contribution in [1.29, 1.82) is 0 Å². The zero-order chi connectivity index (χ0) is 13.8. The van der Waals surface area contributed by atoms with Crippen molar-refractivity contribution >= 4 is 21.6 Å². The Morgan fingerprint density at radius 1 is 1.50 bits per heavy atom. The first-order chi connectivity index (χ1) is 8.43. The molecule has 0 saturated heterocycles. The van der Waals surface area contributed by atoms with E-state index in [0.717, 1.165) is 22.5 Å². The molecule has 4 nitrogen and oxygen atoms in total. The van der Waals surface area contributed by atoms with Gasteiger partial charge in [0.05, 0.1) is 11.6 Å². The van der Waals surface area contributed by atoms with Gasteiger partial charge in [0.2, 0.25) is 10.0 Å². The van der Waals surface area contributed by atoms with E-state index in [0.29, 0.717) is 0 Å². The summed E-state index contributed by atoms with van der Waals surface area (Å²) in [4.78, 5) is -0.194. The van der Waals surface area contributed by atoms with Crippen LogP contribution in [0.25, 0.3) is 0 Å². The van der Waals surface area contributed by atoms with Crippen LogP contribution in [0.5, 0.6) is 0 Å². The van der Waals surface area contributed by atoms with Gasteiger partial charge in [-0.05, 0) is 18.2 Å². The first kappa shape index (κ1) is 15.1. The molecule has 0 aliphatic rings. The summed E-state index contributed by atoms with van der Waals surface area (Å²) in [5.74, 6) is -0.614. The average Bonchev–Trinajstić information content (AvgIpc) is 2.28. The van der Waals surface area contributed by atoms with E-state index in [1.807, 2.05) is 0 Å². The Morgan fingerprint density at radius 2 is 2.17 bits per heavy atom. The van der Waals surface area contributed by atoms with E-state index in [-0.39, 0.29) is 29.6 Å². The third kappa shape index (κ3) is 3.29. The van der Waals surface area contributed by atoms with E-state index in [1.165, 1.54) is 6.08 Å². The second kappa shape index (κ2) is 6.29. The summed E-state index contributed by atoms with van der Waals surface area (Å²) in [5, 5.41) is 8.66. The number of hydrogen-bond acceptors (Lipinski definition) is 3. The van der Waals surface area contributed by atoms with Crippen molar-refractivity contribution in [3.8, 4) is 0 Å². The Morgan fingerprint density at radius 3 is 2.67 bits per heavy atom. The van der Waals surface area contributed by atoms with Crippen LogP contribution in [0.2, 0.25) is 5.02 Å². The number of halogens is 2. The molecule has 0 spiro atoms. The van der Waals surface area contributed by atoms with Crippen LogP contribution in [-0.2, 0) is 10.0 Å². The number of hydrogen-bond donors (Lipinski definition) is 1. The number of aliphatic hydroxyl groups is 1. The lowest BCUT2D eigenvalue weighted by Gasteiger charge is -2.20. The lowest BCUT2D eigenvalue weighted by atomic mass is 10.3. The fourth-order valence-electron chi connectivity index (χ4n) is 1.39. The zero-order valence-electron chi connectivity index (χ0n) is 9.51. The fourth-order valence-corrected chi connectivity index (χ4v) is 3.30. The van der Waals surface area contributed by atoms with Gasteiger partial charge in [-0.1, -0.05) is 17.7 Å². The summed E-state index contributed by atoms with van der Waals surface area (Å²) in [5.41, 5.74) is 0. The largest absolute Gasteiger partial charge is 0.395 e. The lowest BCUT2D eigenvalue weighted by molar-refractivity contribution is 0.260. The van der Waals surface area contributed by atoms with Gasteiger partial charge in [-0.15, -0.1) is 6.58 Å². The van der Waals surface area contributed by atoms with E-state index in [9.17, 15) is 12.8 Å². The molecule has 0 atom stereocenters. The molecule has 0 radical (unpaired) electrons. The van der Waals surface area contributed by atoms with Gasteiger partial charge < -0.3 is 5.11 Å². The van der Waals surface area contributed by atoms with Crippen molar-refractivity contribution in [3.63, 3.8) is 0 Å². The predicted octanol–water partition coefficient (Wildman–Crippen LogP) is 1.65. The number of nitrogens with zero attached hydrogens (tertiary/aromatic N) is 1. The highest BCUT2D eigenvalue weighted by Gasteiger charge is 2.25. The van der Waals surface area contributed by atoms with Gasteiger partial charge >= 0.3 is 0 Å². The van der Waals surface area contributed by atoms with Gasteiger partial charge in [0.15, 0.2) is 0 Å². The molecule has 7 heteroatoms. The summed E-state index contributed by atoms with van der Waals surface area (Å²) in [6, 6.07) is 3.05. The summed E-state index contributed by atoms with van der Waals surface area (Å²) in [6.07, 6.45) is 1.39. The molecule has 1 aromatic rings. The van der Waals surface area contributed by atoms with Crippen molar-refractivity contribution in [1.82, 2.24) is 4.31 Å². The Kier molecular flexibility index (Phi) is 5.28. The van der Waals surface area contributed by atoms with E-state index in [1.54, 1.807) is 0 Å². The maximum atomic E-state index is 12.9. The van der Waals surface area contributed by atoms with Crippen LogP contribution >= 0.6 is 11.6 Å². The molecule has 1 rings (SSSR count). The smallest absolute Gasteiger partial charge is 0.244 e. The van der Waals surface area contributed by atoms with Crippen LogP contribution in [0.3, 0.4) is 0 Å². The van der Waals surface area contributed by atoms with Gasteiger partial charge in [0, 0.05) is 13.1 Å². The standard InChI is InChI=1S/C11H13ClFNO3S/c1-2-5-14(6-7-15)18(16,17)11-4-3-9(13)8-10(11)12/h2-4,8,15H,1,5-7H2. The molecule has 100 valence electrons. The number of benzene rings is 1. The van der Waals surface area contributed by atoms with E-state index < -0.39 is 15.8 Å². The third-order valence-electron chi connectivity index (χ3n) is 2.19. The molecular weight excluding hydrogens is 281 g/mol. The Bertz CT molecular complexity index is 533. The number of sulfonamides is 1. The molecule has 0 bridgehead atoms. The van der Waals surface area contributed by atoms with Crippen LogP contribution < -0.4 is 0 Å². The van der Waals surface area contributed by atoms with Crippen LogP contribution in [0.1, 0.15) is 0 Å². The van der Waals surface area contributed by atoms with Gasteiger partial charge in [0.1, 0.15) is 10.7 Å². The van der Waals surface area contributed by atoms with Crippen LogP contribution in [0, 0.1) is 5.82 Å². The maximum Gasteiger partial charge on any atom is 0.244 e.